The number of thiophene rings is 1. The van der Waals surface area contributed by atoms with Crippen molar-refractivity contribution < 1.29 is 23.0 Å². The monoisotopic (exact) mass is 455 g/mol. The molecule has 166 valence electrons. The van der Waals surface area contributed by atoms with E-state index in [4.69, 9.17) is 9.47 Å². The molecule has 4 rings (SSSR count). The molecule has 0 saturated carbocycles. The Bertz CT molecular complexity index is 1200. The molecule has 2 aromatic carbocycles. The van der Waals surface area contributed by atoms with Gasteiger partial charge in [-0.25, -0.2) is 8.78 Å². The van der Waals surface area contributed by atoms with E-state index in [2.05, 4.69) is 25.2 Å². The second kappa shape index (κ2) is 8.39. The number of nitrogens with one attached hydrogen (secondary N) is 1. The largest absolute Gasteiger partial charge is 0.493 e. The van der Waals surface area contributed by atoms with Crippen molar-refractivity contribution in [1.82, 2.24) is 0 Å². The Balaban J connectivity index is 2.09. The lowest BCUT2D eigenvalue weighted by Gasteiger charge is -2.34. The van der Waals surface area contributed by atoms with Gasteiger partial charge in [0.2, 0.25) is 0 Å². The van der Waals surface area contributed by atoms with Gasteiger partial charge in [0.15, 0.2) is 17.7 Å². The Morgan fingerprint density at radius 1 is 1.16 bits per heavy atom. The lowest BCUT2D eigenvalue weighted by molar-refractivity contribution is -0.132. The summed E-state index contributed by atoms with van der Waals surface area (Å²) in [7, 11) is 1.34. The Hall–Kier alpha value is -3.19. The average molecular weight is 456 g/mol. The van der Waals surface area contributed by atoms with Crippen LogP contribution in [0.2, 0.25) is 0 Å². The number of fused-ring (bicyclic) bond motifs is 1. The van der Waals surface area contributed by atoms with Crippen LogP contribution in [0.3, 0.4) is 0 Å². The number of ether oxygens (including phenoxy) is 2. The van der Waals surface area contributed by atoms with E-state index < -0.39 is 17.7 Å². The first-order valence-electron chi connectivity index (χ1n) is 10.1. The zero-order chi connectivity index (χ0) is 23.0. The zero-order valence-electron chi connectivity index (χ0n) is 18.2. The molecule has 1 atom stereocenters. The van der Waals surface area contributed by atoms with E-state index in [0.717, 1.165) is 27.8 Å². The van der Waals surface area contributed by atoms with E-state index in [1.54, 1.807) is 6.07 Å². The fourth-order valence-electron chi connectivity index (χ4n) is 4.39. The maximum absolute atomic E-state index is 14.6. The number of carbonyl (C=O) groups is 1. The first kappa shape index (κ1) is 22.0. The van der Waals surface area contributed by atoms with Crippen molar-refractivity contribution in [1.29, 1.82) is 0 Å². The molecule has 0 radical (unpaired) electrons. The highest BCUT2D eigenvalue weighted by molar-refractivity contribution is 7.10. The fourth-order valence-corrected chi connectivity index (χ4v) is 5.16. The third kappa shape index (κ3) is 3.88. The molecule has 7 heteroatoms. The number of methoxy groups -OCH3 is 1. The van der Waals surface area contributed by atoms with Gasteiger partial charge in [-0.15, -0.1) is 11.3 Å². The fraction of sp³-hybridized carbons (Fsp3) is 0.240. The highest BCUT2D eigenvalue weighted by Crippen LogP contribution is 2.48. The van der Waals surface area contributed by atoms with Gasteiger partial charge in [-0.3, -0.25) is 4.79 Å². The molecule has 2 heterocycles. The number of hydrogen-bond acceptors (Lipinski definition) is 5. The molecule has 1 aromatic heterocycles. The lowest BCUT2D eigenvalue weighted by atomic mass is 9.82. The molecule has 0 saturated heterocycles. The second-order valence-electron chi connectivity index (χ2n) is 8.22. The van der Waals surface area contributed by atoms with Crippen LogP contribution in [0.4, 0.5) is 14.5 Å². The molecule has 4 nitrogen and oxygen atoms in total. The first-order chi connectivity index (χ1) is 15.3. The van der Waals surface area contributed by atoms with E-state index in [-0.39, 0.29) is 16.9 Å². The first-order valence-corrected chi connectivity index (χ1v) is 10.9. The summed E-state index contributed by atoms with van der Waals surface area (Å²) in [6.45, 7) is 6.48. The van der Waals surface area contributed by atoms with Crippen LogP contribution in [0.15, 0.2) is 47.9 Å². The summed E-state index contributed by atoms with van der Waals surface area (Å²) in [6, 6.07) is 9.41. The van der Waals surface area contributed by atoms with Crippen molar-refractivity contribution in [3.05, 3.63) is 75.5 Å². The number of allylic oxidation sites excluding steroid dienone is 1. The quantitative estimate of drug-likeness (QED) is 0.427. The summed E-state index contributed by atoms with van der Waals surface area (Å²) in [5, 5.41) is 5.37. The second-order valence-corrected chi connectivity index (χ2v) is 9.20. The third-order valence-electron chi connectivity index (χ3n) is 5.43. The number of benzene rings is 2. The topological polar surface area (TPSA) is 47.6 Å². The van der Waals surface area contributed by atoms with Crippen LogP contribution in [0.25, 0.3) is 16.7 Å². The van der Waals surface area contributed by atoms with E-state index in [1.807, 2.05) is 30.5 Å². The van der Waals surface area contributed by atoms with Crippen LogP contribution < -0.4 is 10.1 Å². The molecular formula is C25H23F2NO3S. The van der Waals surface area contributed by atoms with Crippen LogP contribution in [0.1, 0.15) is 42.9 Å². The number of anilines is 1. The van der Waals surface area contributed by atoms with Gasteiger partial charge in [0.25, 0.3) is 6.47 Å². The summed E-state index contributed by atoms with van der Waals surface area (Å²) < 4.78 is 39.8. The van der Waals surface area contributed by atoms with E-state index in [0.29, 0.717) is 17.6 Å². The van der Waals surface area contributed by atoms with Crippen molar-refractivity contribution in [2.75, 3.05) is 12.4 Å². The maximum Gasteiger partial charge on any atom is 0.294 e. The molecular weight excluding hydrogens is 432 g/mol. The molecule has 0 amide bonds. The summed E-state index contributed by atoms with van der Waals surface area (Å²) >= 11 is 1.43. The van der Waals surface area contributed by atoms with Crippen molar-refractivity contribution in [2.45, 2.75) is 32.4 Å². The number of hydrogen-bond donors (Lipinski definition) is 1. The maximum atomic E-state index is 14.6. The van der Waals surface area contributed by atoms with Crippen LogP contribution in [-0.2, 0) is 9.53 Å². The predicted octanol–water partition coefficient (Wildman–Crippen LogP) is 6.57. The van der Waals surface area contributed by atoms with Gasteiger partial charge in [0.05, 0.1) is 12.6 Å². The Kier molecular flexibility index (Phi) is 5.77. The number of rotatable bonds is 6. The highest BCUT2D eigenvalue weighted by Gasteiger charge is 2.32. The van der Waals surface area contributed by atoms with Crippen LogP contribution >= 0.6 is 11.3 Å². The summed E-state index contributed by atoms with van der Waals surface area (Å²) in [6.07, 6.45) is 1.32. The van der Waals surface area contributed by atoms with Crippen LogP contribution in [0, 0.1) is 11.6 Å². The summed E-state index contributed by atoms with van der Waals surface area (Å²) in [4.78, 5) is 12.3. The number of halogens is 2. The minimum atomic E-state index is -0.804. The normalized spacial score (nSPS) is 15.2. The Morgan fingerprint density at radius 2 is 1.94 bits per heavy atom. The summed E-state index contributed by atoms with van der Waals surface area (Å²) in [5.41, 5.74) is 3.76. The van der Waals surface area contributed by atoms with Crippen molar-refractivity contribution in [2.24, 2.45) is 0 Å². The smallest absolute Gasteiger partial charge is 0.294 e. The minimum Gasteiger partial charge on any atom is -0.493 e. The van der Waals surface area contributed by atoms with Crippen LogP contribution in [0.5, 0.6) is 5.75 Å². The molecule has 1 unspecified atom stereocenters. The summed E-state index contributed by atoms with van der Waals surface area (Å²) in [5.74, 6) is -1.60. The van der Waals surface area contributed by atoms with Gasteiger partial charge >= 0.3 is 0 Å². The average Bonchev–Trinajstić information content (AvgIpc) is 3.24. The van der Waals surface area contributed by atoms with E-state index in [9.17, 15) is 13.6 Å². The van der Waals surface area contributed by atoms with Gasteiger partial charge in [0, 0.05) is 33.3 Å². The Labute approximate surface area is 189 Å². The van der Waals surface area contributed by atoms with Crippen molar-refractivity contribution >= 4 is 29.1 Å². The van der Waals surface area contributed by atoms with Crippen molar-refractivity contribution in [3.8, 4) is 16.9 Å². The van der Waals surface area contributed by atoms with E-state index >= 15 is 0 Å². The molecule has 3 aromatic rings. The molecule has 0 bridgehead atoms. The third-order valence-corrected chi connectivity index (χ3v) is 6.35. The van der Waals surface area contributed by atoms with Gasteiger partial charge in [-0.1, -0.05) is 18.2 Å². The SMILES string of the molecule is COc1c(F)cc(F)cc1-c1ccc2c(c1C(OC=O)c1cccs1)C(C)=CC(C)(C)N2. The van der Waals surface area contributed by atoms with Gasteiger partial charge in [-0.05, 0) is 55.5 Å². The van der Waals surface area contributed by atoms with Gasteiger partial charge in [-0.2, -0.15) is 0 Å². The molecule has 0 spiro atoms. The molecule has 0 fully saturated rings. The zero-order valence-corrected chi connectivity index (χ0v) is 19.0. The lowest BCUT2D eigenvalue weighted by Crippen LogP contribution is -2.32. The molecule has 1 N–H and O–H groups in total. The molecule has 1 aliphatic rings. The van der Waals surface area contributed by atoms with E-state index in [1.165, 1.54) is 24.5 Å². The van der Waals surface area contributed by atoms with Crippen molar-refractivity contribution in [3.63, 3.8) is 0 Å². The predicted molar refractivity (Wildman–Crippen MR) is 123 cm³/mol. The molecule has 0 aliphatic carbocycles. The van der Waals surface area contributed by atoms with Gasteiger partial charge < -0.3 is 14.8 Å². The number of carbonyl (C=O) groups excluding carboxylic acids is 1. The minimum absolute atomic E-state index is 0.0747. The standard InChI is InChI=1S/C25H23F2NO3S/c1-14-12-25(2,3)28-19-8-7-16(17-10-15(26)11-18(27)23(17)30-4)22(21(14)19)24(31-13-29)20-6-5-9-32-20/h5-13,24,28H,1-4H3. The highest BCUT2D eigenvalue weighted by atomic mass is 32.1. The van der Waals surface area contributed by atoms with Gasteiger partial charge in [0.1, 0.15) is 5.82 Å². The molecule has 1 aliphatic heterocycles. The van der Waals surface area contributed by atoms with Crippen LogP contribution in [-0.4, -0.2) is 19.1 Å². The molecule has 32 heavy (non-hydrogen) atoms. The Morgan fingerprint density at radius 3 is 2.59 bits per heavy atom.